The molecule has 148 valence electrons. The van der Waals surface area contributed by atoms with Crippen LogP contribution < -0.4 is 4.74 Å². The molecule has 7 unspecified atom stereocenters. The molecule has 5 aliphatic rings. The van der Waals surface area contributed by atoms with Crippen molar-refractivity contribution in [2.24, 2.45) is 11.8 Å². The van der Waals surface area contributed by atoms with Crippen LogP contribution in [0.5, 0.6) is 5.75 Å². The number of carbonyl (C=O) groups excluding carboxylic acids is 1. The molecule has 1 saturated carbocycles. The number of aromatic nitrogens is 1. The van der Waals surface area contributed by atoms with Crippen LogP contribution in [-0.4, -0.2) is 55.0 Å². The third-order valence-corrected chi connectivity index (χ3v) is 7.95. The number of hydrogen-bond donors (Lipinski definition) is 1. The Kier molecular flexibility index (Phi) is 3.32. The van der Waals surface area contributed by atoms with Crippen LogP contribution in [0, 0.1) is 11.8 Å². The normalized spacial score (nSPS) is 40.2. The number of rotatable bonds is 2. The van der Waals surface area contributed by atoms with Crippen LogP contribution in [0.2, 0.25) is 0 Å². The van der Waals surface area contributed by atoms with E-state index in [1.54, 1.807) is 7.11 Å². The Morgan fingerprint density at radius 2 is 2.18 bits per heavy atom. The maximum Gasteiger partial charge on any atom is 0.319 e. The lowest BCUT2D eigenvalue weighted by Crippen LogP contribution is -2.68. The summed E-state index contributed by atoms with van der Waals surface area (Å²) in [7, 11) is 3.21. The number of esters is 1. The number of carbonyl (C=O) groups is 1. The highest BCUT2D eigenvalue weighted by atomic mass is 16.5. The molecule has 4 aliphatic heterocycles. The zero-order valence-corrected chi connectivity index (χ0v) is 16.5. The first-order valence-electron chi connectivity index (χ1n) is 10.3. The molecule has 0 spiro atoms. The van der Waals surface area contributed by atoms with Gasteiger partial charge in [0, 0.05) is 35.1 Å². The second kappa shape index (κ2) is 5.51. The van der Waals surface area contributed by atoms with Crippen LogP contribution in [0.4, 0.5) is 0 Å². The van der Waals surface area contributed by atoms with E-state index in [4.69, 9.17) is 14.2 Å². The van der Waals surface area contributed by atoms with E-state index in [1.807, 2.05) is 6.07 Å². The number of aromatic amines is 1. The Balaban J connectivity index is 1.60. The molecule has 6 bridgehead atoms. The van der Waals surface area contributed by atoms with E-state index in [-0.39, 0.29) is 24.3 Å². The minimum absolute atomic E-state index is 0.111. The van der Waals surface area contributed by atoms with E-state index in [2.05, 4.69) is 28.9 Å². The Morgan fingerprint density at radius 3 is 2.96 bits per heavy atom. The fourth-order valence-corrected chi connectivity index (χ4v) is 6.78. The summed E-state index contributed by atoms with van der Waals surface area (Å²) in [5.41, 5.74) is 2.72. The SMILES string of the molecule is COC(=O)C12CC3C4CC1N(CCc1c2[nH]c2ccc(OC)cc12)C3OC4C. The summed E-state index contributed by atoms with van der Waals surface area (Å²) in [6.07, 6.45) is 3.10. The van der Waals surface area contributed by atoms with Gasteiger partial charge in [-0.2, -0.15) is 0 Å². The molecule has 7 atom stereocenters. The topological polar surface area (TPSA) is 63.8 Å². The lowest BCUT2D eigenvalue weighted by atomic mass is 9.56. The van der Waals surface area contributed by atoms with Crippen LogP contribution in [0.1, 0.15) is 31.0 Å². The van der Waals surface area contributed by atoms with Gasteiger partial charge in [-0.3, -0.25) is 9.69 Å². The van der Waals surface area contributed by atoms with E-state index in [0.717, 1.165) is 48.2 Å². The molecule has 28 heavy (non-hydrogen) atoms. The van der Waals surface area contributed by atoms with Crippen LogP contribution in [0.3, 0.4) is 0 Å². The highest BCUT2D eigenvalue weighted by Crippen LogP contribution is 2.60. The average molecular weight is 382 g/mol. The van der Waals surface area contributed by atoms with Crippen molar-refractivity contribution in [2.45, 2.75) is 50.0 Å². The van der Waals surface area contributed by atoms with Crippen molar-refractivity contribution < 1.29 is 19.0 Å². The standard InChI is InChI=1S/C22H26N2O4/c1-11-14-9-18-22(21(25)27-3)10-16(14)20(28-11)24(18)7-6-13-15-8-12(26-2)4-5-17(15)23-19(13)22/h4-5,8,11,14,16,18,20,23H,6-7,9-10H2,1-3H3. The number of benzene rings is 1. The van der Waals surface area contributed by atoms with E-state index in [9.17, 15) is 4.79 Å². The molecule has 1 aromatic heterocycles. The molecule has 2 aromatic rings. The van der Waals surface area contributed by atoms with Crippen LogP contribution >= 0.6 is 0 Å². The molecule has 0 amide bonds. The van der Waals surface area contributed by atoms with Gasteiger partial charge in [-0.1, -0.05) is 0 Å². The van der Waals surface area contributed by atoms with Crippen molar-refractivity contribution in [3.05, 3.63) is 29.5 Å². The highest BCUT2D eigenvalue weighted by molar-refractivity contribution is 5.92. The number of piperidine rings is 2. The summed E-state index contributed by atoms with van der Waals surface area (Å²) in [5.74, 6) is 1.65. The average Bonchev–Trinajstić information content (AvgIpc) is 3.16. The van der Waals surface area contributed by atoms with Crippen molar-refractivity contribution in [3.8, 4) is 5.75 Å². The zero-order chi connectivity index (χ0) is 19.2. The first-order valence-corrected chi connectivity index (χ1v) is 10.3. The van der Waals surface area contributed by atoms with Crippen molar-refractivity contribution in [2.75, 3.05) is 20.8 Å². The molecular formula is C22H26N2O4. The first kappa shape index (κ1) is 16.9. The number of nitrogens with zero attached hydrogens (tertiary/aromatic N) is 1. The van der Waals surface area contributed by atoms with Gasteiger partial charge >= 0.3 is 5.97 Å². The van der Waals surface area contributed by atoms with Gasteiger partial charge in [0.05, 0.1) is 20.3 Å². The van der Waals surface area contributed by atoms with Gasteiger partial charge in [0.2, 0.25) is 0 Å². The number of methoxy groups -OCH3 is 2. The van der Waals surface area contributed by atoms with Gasteiger partial charge in [-0.15, -0.1) is 0 Å². The second-order valence-electron chi connectivity index (χ2n) is 8.86. The maximum atomic E-state index is 13.4. The van der Waals surface area contributed by atoms with Crippen molar-refractivity contribution in [1.29, 1.82) is 0 Å². The van der Waals surface area contributed by atoms with Crippen LogP contribution in [0.25, 0.3) is 10.9 Å². The predicted molar refractivity (Wildman–Crippen MR) is 103 cm³/mol. The Labute approximate surface area is 164 Å². The molecule has 7 rings (SSSR count). The molecule has 5 heterocycles. The summed E-state index contributed by atoms with van der Waals surface area (Å²) < 4.78 is 17.3. The number of nitrogens with one attached hydrogen (secondary N) is 1. The molecule has 1 aromatic carbocycles. The highest BCUT2D eigenvalue weighted by Gasteiger charge is 2.68. The summed E-state index contributed by atoms with van der Waals surface area (Å²) in [4.78, 5) is 19.5. The van der Waals surface area contributed by atoms with Crippen molar-refractivity contribution >= 4 is 16.9 Å². The van der Waals surface area contributed by atoms with Gasteiger partial charge < -0.3 is 19.2 Å². The number of H-pyrrole nitrogens is 1. The molecule has 4 fully saturated rings. The fraction of sp³-hybridized carbons (Fsp3) is 0.591. The van der Waals surface area contributed by atoms with Gasteiger partial charge in [0.1, 0.15) is 17.4 Å². The minimum Gasteiger partial charge on any atom is -0.497 e. The van der Waals surface area contributed by atoms with Gasteiger partial charge in [0.25, 0.3) is 0 Å². The van der Waals surface area contributed by atoms with Crippen LogP contribution in [-0.2, 0) is 26.1 Å². The molecular weight excluding hydrogens is 356 g/mol. The lowest BCUT2D eigenvalue weighted by molar-refractivity contribution is -0.174. The zero-order valence-electron chi connectivity index (χ0n) is 16.5. The third-order valence-electron chi connectivity index (χ3n) is 7.95. The summed E-state index contributed by atoms with van der Waals surface area (Å²) in [6, 6.07) is 6.24. The lowest BCUT2D eigenvalue weighted by Gasteiger charge is -2.56. The Bertz CT molecular complexity index is 984. The Hall–Kier alpha value is -2.05. The van der Waals surface area contributed by atoms with E-state index >= 15 is 0 Å². The third kappa shape index (κ3) is 1.83. The Morgan fingerprint density at radius 1 is 1.32 bits per heavy atom. The molecule has 0 radical (unpaired) electrons. The van der Waals surface area contributed by atoms with E-state index in [1.165, 1.54) is 12.7 Å². The summed E-state index contributed by atoms with van der Waals surface area (Å²) >= 11 is 0. The van der Waals surface area contributed by atoms with E-state index in [0.29, 0.717) is 11.8 Å². The summed E-state index contributed by atoms with van der Waals surface area (Å²) in [6.45, 7) is 3.09. The fourth-order valence-electron chi connectivity index (χ4n) is 6.78. The molecule has 6 nitrogen and oxygen atoms in total. The molecule has 1 aliphatic carbocycles. The van der Waals surface area contributed by atoms with Crippen LogP contribution in [0.15, 0.2) is 18.2 Å². The first-order chi connectivity index (χ1) is 13.6. The molecule has 3 saturated heterocycles. The minimum atomic E-state index is -0.641. The number of ether oxygens (including phenoxy) is 3. The smallest absolute Gasteiger partial charge is 0.319 e. The quantitative estimate of drug-likeness (QED) is 0.809. The van der Waals surface area contributed by atoms with Crippen molar-refractivity contribution in [1.82, 2.24) is 9.88 Å². The second-order valence-corrected chi connectivity index (χ2v) is 8.86. The van der Waals surface area contributed by atoms with Crippen molar-refractivity contribution in [3.63, 3.8) is 0 Å². The summed E-state index contributed by atoms with van der Waals surface area (Å²) in [5, 5.41) is 1.15. The number of fused-ring (bicyclic) bond motifs is 3. The van der Waals surface area contributed by atoms with Gasteiger partial charge in [-0.25, -0.2) is 0 Å². The number of hydrogen-bond acceptors (Lipinski definition) is 5. The largest absolute Gasteiger partial charge is 0.497 e. The molecule has 6 heteroatoms. The van der Waals surface area contributed by atoms with Gasteiger partial charge in [-0.05, 0) is 55.9 Å². The predicted octanol–water partition coefficient (Wildman–Crippen LogP) is 2.60. The molecule has 1 N–H and O–H groups in total. The maximum absolute atomic E-state index is 13.4. The van der Waals surface area contributed by atoms with Gasteiger partial charge in [0.15, 0.2) is 0 Å². The van der Waals surface area contributed by atoms with E-state index < -0.39 is 5.41 Å². The monoisotopic (exact) mass is 382 g/mol.